The number of ketones is 1. The fraction of sp³-hybridized carbons (Fsp3) is 0.718. The lowest BCUT2D eigenvalue weighted by atomic mass is 9.89. The van der Waals surface area contributed by atoms with E-state index in [2.05, 4.69) is 16.0 Å². The lowest BCUT2D eigenvalue weighted by Gasteiger charge is -2.41. The summed E-state index contributed by atoms with van der Waals surface area (Å²) < 4.78 is 17.6. The third kappa shape index (κ3) is 11.6. The molecule has 294 valence electrons. The molecule has 1 aromatic rings. The number of rotatable bonds is 21. The SMILES string of the molecule is CCC(C)[C@@H]([C@H](CC(=O)N1C[C@H](OC)C[C@H]1[C@H](OC)[C@@H](C)C(=O)NCC(=O)c1ccccc1)OC)N(C)C(=O)[C@@H](NC(=O)[C@@H](NC)C(C)C)C(C)C. The fourth-order valence-corrected chi connectivity index (χ4v) is 7.26. The monoisotopic (exact) mass is 731 g/mol. The molecular formula is C39H65N5O8. The Balaban J connectivity index is 2.30. The van der Waals surface area contributed by atoms with E-state index >= 15 is 0 Å². The van der Waals surface area contributed by atoms with E-state index in [9.17, 15) is 24.0 Å². The summed E-state index contributed by atoms with van der Waals surface area (Å²) in [4.78, 5) is 70.9. The van der Waals surface area contributed by atoms with Gasteiger partial charge in [0, 0.05) is 40.5 Å². The van der Waals surface area contributed by atoms with E-state index in [0.717, 1.165) is 0 Å². The minimum atomic E-state index is -0.782. The molecule has 1 aromatic carbocycles. The van der Waals surface area contributed by atoms with E-state index in [4.69, 9.17) is 14.2 Å². The Labute approximate surface area is 311 Å². The van der Waals surface area contributed by atoms with E-state index in [1.807, 2.05) is 47.6 Å². The summed E-state index contributed by atoms with van der Waals surface area (Å²) in [5, 5.41) is 8.75. The van der Waals surface area contributed by atoms with Crippen molar-refractivity contribution < 1.29 is 38.2 Å². The van der Waals surface area contributed by atoms with Crippen LogP contribution in [0.1, 0.15) is 78.1 Å². The molecule has 0 radical (unpaired) electrons. The number of likely N-dealkylation sites (tertiary alicyclic amines) is 1. The van der Waals surface area contributed by atoms with Crippen LogP contribution in [0.15, 0.2) is 30.3 Å². The zero-order chi connectivity index (χ0) is 39.3. The number of likely N-dealkylation sites (N-methyl/N-ethyl adjacent to an activating group) is 2. The van der Waals surface area contributed by atoms with E-state index in [0.29, 0.717) is 24.9 Å². The van der Waals surface area contributed by atoms with Gasteiger partial charge in [-0.15, -0.1) is 0 Å². The molecule has 1 heterocycles. The highest BCUT2D eigenvalue weighted by Gasteiger charge is 2.45. The first kappa shape index (κ1) is 44.8. The van der Waals surface area contributed by atoms with Crippen molar-refractivity contribution in [3.63, 3.8) is 0 Å². The highest BCUT2D eigenvalue weighted by atomic mass is 16.5. The van der Waals surface area contributed by atoms with Crippen LogP contribution < -0.4 is 16.0 Å². The number of Topliss-reactive ketones (excluding diaryl/α,β-unsaturated/α-hetero) is 1. The number of amides is 4. The molecule has 52 heavy (non-hydrogen) atoms. The number of nitrogens with one attached hydrogen (secondary N) is 3. The largest absolute Gasteiger partial charge is 0.380 e. The summed E-state index contributed by atoms with van der Waals surface area (Å²) in [6.07, 6.45) is -0.506. The molecule has 0 aliphatic carbocycles. The summed E-state index contributed by atoms with van der Waals surface area (Å²) >= 11 is 0. The number of hydrogen-bond donors (Lipinski definition) is 3. The predicted octanol–water partition coefficient (Wildman–Crippen LogP) is 2.92. The van der Waals surface area contributed by atoms with Crippen LogP contribution >= 0.6 is 0 Å². The van der Waals surface area contributed by atoms with Crippen LogP contribution in [0.5, 0.6) is 0 Å². The van der Waals surface area contributed by atoms with Gasteiger partial charge in [0.25, 0.3) is 0 Å². The second-order valence-electron chi connectivity index (χ2n) is 14.7. The lowest BCUT2D eigenvalue weighted by molar-refractivity contribution is -0.147. The minimum Gasteiger partial charge on any atom is -0.380 e. The lowest BCUT2D eigenvalue weighted by Crippen LogP contribution is -2.59. The normalized spacial score (nSPS) is 20.1. The highest BCUT2D eigenvalue weighted by molar-refractivity contribution is 5.99. The first-order chi connectivity index (χ1) is 24.6. The average molecular weight is 732 g/mol. The molecule has 1 saturated heterocycles. The standard InChI is InChI=1S/C39H65N5O8/c1-13-25(6)35(43(9)39(49)34(24(4)5)42-38(48)33(40-8)23(2)3)31(51-11)20-32(46)44-22-28(50-10)19-29(44)36(52-12)26(7)37(47)41-21-30(45)27-17-15-14-16-18-27/h14-18,23-26,28-29,31,33-36,40H,13,19-22H2,1-12H3,(H,41,47)(H,42,48)/t25?,26-,28-,29+,31+,33+,34+,35+,36-/m1/s1. The second kappa shape index (κ2) is 21.3. The van der Waals surface area contributed by atoms with Gasteiger partial charge < -0.3 is 40.0 Å². The molecule has 4 amide bonds. The van der Waals surface area contributed by atoms with E-state index in [1.54, 1.807) is 62.2 Å². The van der Waals surface area contributed by atoms with Gasteiger partial charge in [-0.2, -0.15) is 0 Å². The van der Waals surface area contributed by atoms with E-state index in [1.165, 1.54) is 14.2 Å². The van der Waals surface area contributed by atoms with Crippen LogP contribution in [0.2, 0.25) is 0 Å². The molecule has 1 aliphatic heterocycles. The van der Waals surface area contributed by atoms with Crippen molar-refractivity contribution in [1.82, 2.24) is 25.8 Å². The topological polar surface area (TPSA) is 156 Å². The van der Waals surface area contributed by atoms with Crippen LogP contribution in [-0.2, 0) is 33.4 Å². The van der Waals surface area contributed by atoms with Gasteiger partial charge in [-0.3, -0.25) is 24.0 Å². The summed E-state index contributed by atoms with van der Waals surface area (Å²) in [6, 6.07) is 6.52. The smallest absolute Gasteiger partial charge is 0.245 e. The number of carbonyl (C=O) groups excluding carboxylic acids is 5. The van der Waals surface area contributed by atoms with Crippen molar-refractivity contribution in [1.29, 1.82) is 0 Å². The van der Waals surface area contributed by atoms with Crippen molar-refractivity contribution in [2.75, 3.05) is 48.5 Å². The van der Waals surface area contributed by atoms with Gasteiger partial charge in [0.1, 0.15) is 6.04 Å². The Kier molecular flexibility index (Phi) is 18.4. The molecule has 0 spiro atoms. The van der Waals surface area contributed by atoms with Crippen molar-refractivity contribution in [3.8, 4) is 0 Å². The maximum atomic E-state index is 14.3. The predicted molar refractivity (Wildman–Crippen MR) is 201 cm³/mol. The minimum absolute atomic E-state index is 0.0217. The molecule has 13 heteroatoms. The van der Waals surface area contributed by atoms with Gasteiger partial charge in [-0.1, -0.05) is 85.2 Å². The Hall–Kier alpha value is -3.39. The Morgan fingerprint density at radius 1 is 0.904 bits per heavy atom. The van der Waals surface area contributed by atoms with Gasteiger partial charge in [-0.05, 0) is 31.2 Å². The highest BCUT2D eigenvalue weighted by Crippen LogP contribution is 2.31. The number of methoxy groups -OCH3 is 3. The summed E-state index contributed by atoms with van der Waals surface area (Å²) in [5.41, 5.74) is 0.503. The van der Waals surface area contributed by atoms with Crippen LogP contribution in [0.25, 0.3) is 0 Å². The van der Waals surface area contributed by atoms with E-state index < -0.39 is 42.3 Å². The van der Waals surface area contributed by atoms with Gasteiger partial charge >= 0.3 is 0 Å². The van der Waals surface area contributed by atoms with Gasteiger partial charge in [0.05, 0.1) is 55.3 Å². The van der Waals surface area contributed by atoms with Crippen LogP contribution in [0.3, 0.4) is 0 Å². The van der Waals surface area contributed by atoms with E-state index in [-0.39, 0.29) is 66.2 Å². The van der Waals surface area contributed by atoms with Crippen molar-refractivity contribution in [2.45, 2.75) is 110 Å². The molecule has 0 aromatic heterocycles. The number of hydrogen-bond acceptors (Lipinski definition) is 9. The summed E-state index contributed by atoms with van der Waals surface area (Å²) in [5.74, 6) is -2.22. The summed E-state index contributed by atoms with van der Waals surface area (Å²) in [6.45, 7) is 13.6. The van der Waals surface area contributed by atoms with Crippen molar-refractivity contribution in [3.05, 3.63) is 35.9 Å². The molecule has 13 nitrogen and oxygen atoms in total. The molecule has 0 saturated carbocycles. The first-order valence-electron chi connectivity index (χ1n) is 18.6. The molecule has 2 rings (SSSR count). The quantitative estimate of drug-likeness (QED) is 0.162. The Morgan fingerprint density at radius 2 is 1.52 bits per heavy atom. The fourth-order valence-electron chi connectivity index (χ4n) is 7.26. The van der Waals surface area contributed by atoms with Gasteiger partial charge in [-0.25, -0.2) is 0 Å². The molecule has 3 N–H and O–H groups in total. The van der Waals surface area contributed by atoms with Crippen LogP contribution in [-0.4, -0.2) is 130 Å². The van der Waals surface area contributed by atoms with Gasteiger partial charge in [0.2, 0.25) is 23.6 Å². The Bertz CT molecular complexity index is 1310. The number of ether oxygens (including phenoxy) is 3. The molecule has 1 fully saturated rings. The summed E-state index contributed by atoms with van der Waals surface area (Å²) in [7, 11) is 8.06. The zero-order valence-electron chi connectivity index (χ0n) is 33.4. The van der Waals surface area contributed by atoms with Gasteiger partial charge in [0.15, 0.2) is 5.78 Å². The van der Waals surface area contributed by atoms with Crippen LogP contribution in [0, 0.1) is 23.7 Å². The van der Waals surface area contributed by atoms with Crippen LogP contribution in [0.4, 0.5) is 0 Å². The zero-order valence-corrected chi connectivity index (χ0v) is 33.4. The molecule has 0 bridgehead atoms. The maximum absolute atomic E-state index is 14.3. The third-order valence-electron chi connectivity index (χ3n) is 10.6. The number of benzene rings is 1. The molecular weight excluding hydrogens is 666 g/mol. The number of nitrogens with zero attached hydrogens (tertiary/aromatic N) is 2. The number of carbonyl (C=O) groups is 5. The Morgan fingerprint density at radius 3 is 2.02 bits per heavy atom. The van der Waals surface area contributed by atoms with Crippen molar-refractivity contribution >= 4 is 29.4 Å². The third-order valence-corrected chi connectivity index (χ3v) is 10.6. The molecule has 9 atom stereocenters. The maximum Gasteiger partial charge on any atom is 0.245 e. The second-order valence-corrected chi connectivity index (χ2v) is 14.7. The average Bonchev–Trinajstić information content (AvgIpc) is 3.56. The molecule has 1 aliphatic rings. The van der Waals surface area contributed by atoms with Crippen molar-refractivity contribution in [2.24, 2.45) is 23.7 Å². The molecule has 1 unspecified atom stereocenters. The first-order valence-corrected chi connectivity index (χ1v) is 18.6.